The lowest BCUT2D eigenvalue weighted by Crippen LogP contribution is -2.37. The monoisotopic (exact) mass is 370 g/mol. The molecule has 144 valence electrons. The third kappa shape index (κ3) is 15.9. The number of quaternary nitrogens is 1. The van der Waals surface area contributed by atoms with E-state index in [1.54, 1.807) is 0 Å². The Morgan fingerprint density at radius 3 is 2.04 bits per heavy atom. The summed E-state index contributed by atoms with van der Waals surface area (Å²) in [4.78, 5) is 22.1. The van der Waals surface area contributed by atoms with Gasteiger partial charge in [0.25, 0.3) is 0 Å². The Kier molecular flexibility index (Phi) is 14.0. The maximum atomic E-state index is 12.1. The third-order valence-electron chi connectivity index (χ3n) is 2.41. The van der Waals surface area contributed by atoms with Gasteiger partial charge in [-0.05, 0) is 0 Å². The summed E-state index contributed by atoms with van der Waals surface area (Å²) in [6.07, 6.45) is 0. The second-order valence-electron chi connectivity index (χ2n) is 5.58. The Labute approximate surface area is 145 Å². The fraction of sp³-hybridized carbons (Fsp3) is 0.857. The SMILES string of the molecule is CC.CO[P@](=O)(OCC[N+](C)(C)C)OCC(=O)NCCNC(C)=O. The summed E-state index contributed by atoms with van der Waals surface area (Å²) in [6, 6.07) is 0. The zero-order valence-corrected chi connectivity index (χ0v) is 16.8. The van der Waals surface area contributed by atoms with Crippen LogP contribution in [0, 0.1) is 0 Å². The molecule has 0 rings (SSSR count). The van der Waals surface area contributed by atoms with E-state index >= 15 is 0 Å². The van der Waals surface area contributed by atoms with E-state index in [0.29, 0.717) is 17.6 Å². The molecule has 0 heterocycles. The van der Waals surface area contributed by atoms with Crippen LogP contribution in [-0.2, 0) is 27.7 Å². The molecule has 0 aromatic rings. The summed E-state index contributed by atoms with van der Waals surface area (Å²) in [6.45, 7) is 6.28. The first-order valence-corrected chi connectivity index (χ1v) is 9.30. The molecular formula is C14H33N3O6P+. The number of hydrogen-bond donors (Lipinski definition) is 2. The van der Waals surface area contributed by atoms with Gasteiger partial charge in [0.05, 0.1) is 21.1 Å². The van der Waals surface area contributed by atoms with Crippen LogP contribution in [0.25, 0.3) is 0 Å². The zero-order valence-electron chi connectivity index (χ0n) is 15.9. The van der Waals surface area contributed by atoms with Gasteiger partial charge in [0.2, 0.25) is 11.8 Å². The lowest BCUT2D eigenvalue weighted by Gasteiger charge is -2.24. The lowest BCUT2D eigenvalue weighted by atomic mass is 10.5. The van der Waals surface area contributed by atoms with Gasteiger partial charge in [-0.25, -0.2) is 4.57 Å². The molecule has 9 nitrogen and oxygen atoms in total. The van der Waals surface area contributed by atoms with Crippen LogP contribution in [0.3, 0.4) is 0 Å². The van der Waals surface area contributed by atoms with E-state index in [1.165, 1.54) is 14.0 Å². The summed E-state index contributed by atoms with van der Waals surface area (Å²) >= 11 is 0. The summed E-state index contributed by atoms with van der Waals surface area (Å²) in [5, 5.41) is 5.03. The highest BCUT2D eigenvalue weighted by Crippen LogP contribution is 2.48. The number of amides is 2. The molecule has 0 aromatic carbocycles. The summed E-state index contributed by atoms with van der Waals surface area (Å²) in [5.41, 5.74) is 0. The summed E-state index contributed by atoms with van der Waals surface area (Å²) in [7, 11) is 3.35. The van der Waals surface area contributed by atoms with Crippen LogP contribution in [0.15, 0.2) is 0 Å². The van der Waals surface area contributed by atoms with Crippen molar-refractivity contribution in [3.63, 3.8) is 0 Å². The number of carbonyl (C=O) groups excluding carboxylic acids is 2. The molecule has 0 bridgehead atoms. The van der Waals surface area contributed by atoms with Crippen molar-refractivity contribution in [1.82, 2.24) is 10.6 Å². The minimum absolute atomic E-state index is 0.179. The van der Waals surface area contributed by atoms with E-state index in [0.717, 1.165) is 0 Å². The van der Waals surface area contributed by atoms with E-state index in [4.69, 9.17) is 13.6 Å². The Balaban J connectivity index is 0. The molecule has 0 aliphatic heterocycles. The van der Waals surface area contributed by atoms with Crippen molar-refractivity contribution in [3.8, 4) is 0 Å². The van der Waals surface area contributed by atoms with Gasteiger partial charge in [-0.15, -0.1) is 0 Å². The van der Waals surface area contributed by atoms with Crippen LogP contribution in [0.5, 0.6) is 0 Å². The second kappa shape index (κ2) is 13.3. The van der Waals surface area contributed by atoms with Crippen molar-refractivity contribution in [2.75, 3.05) is 61.1 Å². The average molecular weight is 370 g/mol. The van der Waals surface area contributed by atoms with E-state index in [1.807, 2.05) is 35.0 Å². The fourth-order valence-corrected chi connectivity index (χ4v) is 2.06. The molecule has 0 aliphatic carbocycles. The van der Waals surface area contributed by atoms with Gasteiger partial charge in [-0.1, -0.05) is 13.8 Å². The molecule has 0 saturated carbocycles. The van der Waals surface area contributed by atoms with Crippen LogP contribution in [0.4, 0.5) is 0 Å². The molecule has 0 radical (unpaired) electrons. The van der Waals surface area contributed by atoms with Crippen LogP contribution < -0.4 is 10.6 Å². The van der Waals surface area contributed by atoms with Gasteiger partial charge >= 0.3 is 7.82 Å². The van der Waals surface area contributed by atoms with Crippen LogP contribution in [0.1, 0.15) is 20.8 Å². The molecule has 2 N–H and O–H groups in total. The highest BCUT2D eigenvalue weighted by atomic mass is 31.2. The molecule has 0 saturated heterocycles. The molecule has 10 heteroatoms. The number of carbonyl (C=O) groups is 2. The molecule has 0 aromatic heterocycles. The van der Waals surface area contributed by atoms with Gasteiger partial charge < -0.3 is 15.1 Å². The first kappa shape index (κ1) is 25.3. The van der Waals surface area contributed by atoms with Crippen molar-refractivity contribution in [2.45, 2.75) is 20.8 Å². The maximum Gasteiger partial charge on any atom is 0.475 e. The van der Waals surface area contributed by atoms with E-state index in [2.05, 4.69) is 10.6 Å². The van der Waals surface area contributed by atoms with Crippen molar-refractivity contribution < 1.29 is 32.2 Å². The molecule has 24 heavy (non-hydrogen) atoms. The first-order valence-electron chi connectivity index (χ1n) is 7.84. The Morgan fingerprint density at radius 1 is 1.04 bits per heavy atom. The average Bonchev–Trinajstić information content (AvgIpc) is 2.50. The van der Waals surface area contributed by atoms with Crippen LogP contribution in [0.2, 0.25) is 0 Å². The normalized spacial score (nSPS) is 13.3. The topological polar surface area (TPSA) is 103 Å². The van der Waals surface area contributed by atoms with Gasteiger partial charge in [-0.2, -0.15) is 0 Å². The predicted molar refractivity (Wildman–Crippen MR) is 92.5 cm³/mol. The maximum absolute atomic E-state index is 12.1. The van der Waals surface area contributed by atoms with Gasteiger partial charge in [0, 0.05) is 27.1 Å². The summed E-state index contributed by atoms with van der Waals surface area (Å²) < 4.78 is 27.5. The molecule has 0 fully saturated rings. The highest BCUT2D eigenvalue weighted by Gasteiger charge is 2.27. The largest absolute Gasteiger partial charge is 0.475 e. The highest BCUT2D eigenvalue weighted by molar-refractivity contribution is 7.48. The van der Waals surface area contributed by atoms with Crippen molar-refractivity contribution in [1.29, 1.82) is 0 Å². The second-order valence-corrected chi connectivity index (χ2v) is 7.36. The number of phosphoric ester groups is 1. The zero-order chi connectivity index (χ0) is 19.2. The van der Waals surface area contributed by atoms with Gasteiger partial charge in [-0.3, -0.25) is 23.2 Å². The number of phosphoric acid groups is 1. The molecule has 0 unspecified atom stereocenters. The summed E-state index contributed by atoms with van der Waals surface area (Å²) in [5.74, 6) is -0.655. The van der Waals surface area contributed by atoms with Crippen molar-refractivity contribution in [3.05, 3.63) is 0 Å². The number of nitrogens with zero attached hydrogens (tertiary/aromatic N) is 1. The number of hydrogen-bond acceptors (Lipinski definition) is 6. The molecule has 0 aliphatic rings. The van der Waals surface area contributed by atoms with Gasteiger partial charge in [0.15, 0.2) is 0 Å². The Hall–Kier alpha value is -0.990. The van der Waals surface area contributed by atoms with Crippen molar-refractivity contribution in [2.24, 2.45) is 0 Å². The molecule has 2 amide bonds. The van der Waals surface area contributed by atoms with Crippen LogP contribution >= 0.6 is 7.82 Å². The van der Waals surface area contributed by atoms with Crippen LogP contribution in [-0.4, -0.2) is 77.4 Å². The molecule has 1 atom stereocenters. The van der Waals surface area contributed by atoms with E-state index < -0.39 is 20.3 Å². The smallest absolute Gasteiger partial charge is 0.355 e. The fourth-order valence-electron chi connectivity index (χ4n) is 1.20. The Bertz CT molecular complexity index is 412. The predicted octanol–water partition coefficient (Wildman–Crippen LogP) is 0.759. The minimum atomic E-state index is -3.74. The van der Waals surface area contributed by atoms with Crippen molar-refractivity contribution >= 4 is 19.6 Å². The lowest BCUT2D eigenvalue weighted by molar-refractivity contribution is -0.870. The van der Waals surface area contributed by atoms with E-state index in [9.17, 15) is 14.2 Å². The number of nitrogens with one attached hydrogen (secondary N) is 2. The molecule has 0 spiro atoms. The van der Waals surface area contributed by atoms with E-state index in [-0.39, 0.29) is 19.1 Å². The Morgan fingerprint density at radius 2 is 1.58 bits per heavy atom. The van der Waals surface area contributed by atoms with Gasteiger partial charge in [0.1, 0.15) is 19.8 Å². The third-order valence-corrected chi connectivity index (χ3v) is 3.80. The number of likely N-dealkylation sites (N-methyl/N-ethyl adjacent to an activating group) is 1. The molecular weight excluding hydrogens is 337 g/mol. The standard InChI is InChI=1S/C12H26N3O6P.C2H6/c1-11(16)13-6-7-14-12(17)10-21-22(18,19-5)20-9-8-15(2,3)4;1-2/h6-10H2,1-5H3,(H-,13,14,16,17);1-2H3/p+1/t22-;/m1./s1. The minimum Gasteiger partial charge on any atom is -0.355 e. The first-order chi connectivity index (χ1) is 11.1. The quantitative estimate of drug-likeness (QED) is 0.316. The number of rotatable bonds is 11.